The van der Waals surface area contributed by atoms with Gasteiger partial charge in [0.15, 0.2) is 0 Å². The Balaban J connectivity index is 2.31. The van der Waals surface area contributed by atoms with Crippen LogP contribution in [-0.4, -0.2) is 35.3 Å². The van der Waals surface area contributed by atoms with Gasteiger partial charge in [-0.05, 0) is 17.7 Å². The summed E-state index contributed by atoms with van der Waals surface area (Å²) in [6, 6.07) is 4.84. The van der Waals surface area contributed by atoms with Gasteiger partial charge in [0.1, 0.15) is 5.82 Å². The fraction of sp³-hybridized carbons (Fsp3) is 0.333. The van der Waals surface area contributed by atoms with E-state index < -0.39 is 23.9 Å². The maximum absolute atomic E-state index is 12.9. The van der Waals surface area contributed by atoms with Gasteiger partial charge in [0.2, 0.25) is 0 Å². The van der Waals surface area contributed by atoms with Crippen molar-refractivity contribution in [3.63, 3.8) is 0 Å². The van der Waals surface area contributed by atoms with Gasteiger partial charge in [-0.1, -0.05) is 12.1 Å². The van der Waals surface area contributed by atoms with E-state index in [2.05, 4.69) is 10.6 Å². The minimum absolute atomic E-state index is 0.00275. The van der Waals surface area contributed by atoms with Crippen LogP contribution in [0.1, 0.15) is 18.1 Å². The van der Waals surface area contributed by atoms with Crippen LogP contribution < -0.4 is 10.6 Å². The molecule has 0 aliphatic rings. The molecule has 0 saturated carbocycles. The number of urea groups is 1. The third kappa shape index (κ3) is 5.82. The molecule has 1 unspecified atom stereocenters. The number of halogens is 1. The van der Waals surface area contributed by atoms with Gasteiger partial charge in [0.25, 0.3) is 0 Å². The second-order valence-corrected chi connectivity index (χ2v) is 3.85. The fourth-order valence-corrected chi connectivity index (χ4v) is 1.37. The number of nitrogens with one attached hydrogen (secondary N) is 2. The Morgan fingerprint density at radius 1 is 1.32 bits per heavy atom. The minimum Gasteiger partial charge on any atom is -0.481 e. The fourth-order valence-electron chi connectivity index (χ4n) is 1.37. The van der Waals surface area contributed by atoms with E-state index in [-0.39, 0.29) is 19.5 Å². The molecule has 0 aliphatic carbocycles. The Hall–Kier alpha value is -2.15. The first-order chi connectivity index (χ1) is 8.99. The first-order valence-electron chi connectivity index (χ1n) is 5.66. The second-order valence-electron chi connectivity index (χ2n) is 3.85. The number of carboxylic acid groups (broad SMARTS) is 1. The number of carbonyl (C=O) groups is 2. The first kappa shape index (κ1) is 14.9. The molecule has 6 nitrogen and oxygen atoms in total. The van der Waals surface area contributed by atoms with Crippen LogP contribution in [0.5, 0.6) is 0 Å². The molecular weight excluding hydrogens is 255 g/mol. The number of benzene rings is 1. The molecule has 0 aromatic heterocycles. The lowest BCUT2D eigenvalue weighted by Crippen LogP contribution is -2.38. The molecule has 0 fully saturated rings. The summed E-state index contributed by atoms with van der Waals surface area (Å²) in [6.45, 7) is -0.0976. The van der Waals surface area contributed by atoms with E-state index in [9.17, 15) is 19.1 Å². The minimum atomic E-state index is -1.03. The average Bonchev–Trinajstić information content (AvgIpc) is 2.35. The monoisotopic (exact) mass is 270 g/mol. The molecule has 1 atom stereocenters. The predicted molar refractivity (Wildman–Crippen MR) is 65.0 cm³/mol. The number of amides is 2. The SMILES string of the molecule is O=C(O)CCNC(=O)NCC(O)c1cccc(F)c1. The van der Waals surface area contributed by atoms with Crippen LogP contribution in [0.4, 0.5) is 9.18 Å². The van der Waals surface area contributed by atoms with Crippen molar-refractivity contribution in [3.05, 3.63) is 35.6 Å². The first-order valence-corrected chi connectivity index (χ1v) is 5.66. The van der Waals surface area contributed by atoms with Crippen molar-refractivity contribution in [2.75, 3.05) is 13.1 Å². The van der Waals surface area contributed by atoms with E-state index in [0.29, 0.717) is 5.56 Å². The number of rotatable bonds is 6. The summed E-state index contributed by atoms with van der Waals surface area (Å²) in [4.78, 5) is 21.4. The van der Waals surface area contributed by atoms with Crippen LogP contribution >= 0.6 is 0 Å². The number of carboxylic acids is 1. The largest absolute Gasteiger partial charge is 0.481 e. The van der Waals surface area contributed by atoms with Gasteiger partial charge in [0.05, 0.1) is 12.5 Å². The van der Waals surface area contributed by atoms with Gasteiger partial charge in [-0.15, -0.1) is 0 Å². The third-order valence-electron chi connectivity index (χ3n) is 2.31. The molecule has 0 radical (unpaired) electrons. The van der Waals surface area contributed by atoms with Gasteiger partial charge in [-0.3, -0.25) is 4.79 Å². The molecular formula is C12H15FN2O4. The van der Waals surface area contributed by atoms with Gasteiger partial charge in [-0.2, -0.15) is 0 Å². The molecule has 7 heteroatoms. The van der Waals surface area contributed by atoms with Crippen LogP contribution in [0.25, 0.3) is 0 Å². The number of aliphatic hydroxyl groups is 1. The molecule has 1 rings (SSSR count). The lowest BCUT2D eigenvalue weighted by atomic mass is 10.1. The zero-order chi connectivity index (χ0) is 14.3. The number of aliphatic carboxylic acids is 1. The second kappa shape index (κ2) is 7.32. The maximum Gasteiger partial charge on any atom is 0.314 e. The summed E-state index contributed by atoms with van der Waals surface area (Å²) in [5, 5.41) is 22.8. The Bertz CT molecular complexity index is 453. The van der Waals surface area contributed by atoms with Gasteiger partial charge in [-0.25, -0.2) is 9.18 Å². The quantitative estimate of drug-likeness (QED) is 0.609. The average molecular weight is 270 g/mol. The standard InChI is InChI=1S/C12H15FN2O4/c13-9-3-1-2-8(6-9)10(16)7-15-12(19)14-5-4-11(17)18/h1-3,6,10,16H,4-5,7H2,(H,17,18)(H2,14,15,19). The highest BCUT2D eigenvalue weighted by molar-refractivity contribution is 5.75. The summed E-state index contributed by atoms with van der Waals surface area (Å²) < 4.78 is 12.9. The van der Waals surface area contributed by atoms with E-state index in [1.807, 2.05) is 0 Å². The van der Waals surface area contributed by atoms with Crippen molar-refractivity contribution in [2.45, 2.75) is 12.5 Å². The molecule has 1 aromatic carbocycles. The molecule has 0 aliphatic heterocycles. The summed E-state index contributed by atoms with van der Waals surface area (Å²) in [5.74, 6) is -1.48. The molecule has 0 saturated heterocycles. The molecule has 0 spiro atoms. The zero-order valence-corrected chi connectivity index (χ0v) is 10.1. The van der Waals surface area contributed by atoms with Crippen molar-refractivity contribution < 1.29 is 24.2 Å². The van der Waals surface area contributed by atoms with Crippen molar-refractivity contribution in [3.8, 4) is 0 Å². The highest BCUT2D eigenvalue weighted by Gasteiger charge is 2.10. The van der Waals surface area contributed by atoms with Gasteiger partial charge in [0, 0.05) is 13.1 Å². The number of carbonyl (C=O) groups excluding carboxylic acids is 1. The van der Waals surface area contributed by atoms with E-state index in [1.54, 1.807) is 0 Å². The van der Waals surface area contributed by atoms with Crippen LogP contribution in [-0.2, 0) is 4.79 Å². The lowest BCUT2D eigenvalue weighted by molar-refractivity contribution is -0.136. The van der Waals surface area contributed by atoms with Crippen LogP contribution in [0.3, 0.4) is 0 Å². The highest BCUT2D eigenvalue weighted by atomic mass is 19.1. The number of hydrogen-bond acceptors (Lipinski definition) is 3. The molecule has 0 bridgehead atoms. The lowest BCUT2D eigenvalue weighted by Gasteiger charge is -2.12. The topological polar surface area (TPSA) is 98.7 Å². The van der Waals surface area contributed by atoms with Crippen molar-refractivity contribution >= 4 is 12.0 Å². The van der Waals surface area contributed by atoms with E-state index in [1.165, 1.54) is 24.3 Å². The Morgan fingerprint density at radius 3 is 2.68 bits per heavy atom. The Labute approximate surface area is 109 Å². The normalized spacial score (nSPS) is 11.7. The van der Waals surface area contributed by atoms with Gasteiger partial charge < -0.3 is 20.8 Å². The summed E-state index contributed by atoms with van der Waals surface area (Å²) >= 11 is 0. The molecule has 0 heterocycles. The Kier molecular flexibility index (Phi) is 5.74. The molecule has 104 valence electrons. The van der Waals surface area contributed by atoms with Crippen LogP contribution in [0.2, 0.25) is 0 Å². The van der Waals surface area contributed by atoms with E-state index >= 15 is 0 Å². The van der Waals surface area contributed by atoms with Gasteiger partial charge >= 0.3 is 12.0 Å². The smallest absolute Gasteiger partial charge is 0.314 e. The summed E-state index contributed by atoms with van der Waals surface area (Å²) in [6.07, 6.45) is -1.21. The maximum atomic E-state index is 12.9. The van der Waals surface area contributed by atoms with Crippen molar-refractivity contribution in [2.24, 2.45) is 0 Å². The van der Waals surface area contributed by atoms with Crippen LogP contribution in [0.15, 0.2) is 24.3 Å². The van der Waals surface area contributed by atoms with E-state index in [4.69, 9.17) is 5.11 Å². The zero-order valence-electron chi connectivity index (χ0n) is 10.1. The van der Waals surface area contributed by atoms with Crippen LogP contribution in [0, 0.1) is 5.82 Å². The summed E-state index contributed by atoms with van der Waals surface area (Å²) in [5.41, 5.74) is 0.353. The van der Waals surface area contributed by atoms with Crippen molar-refractivity contribution in [1.29, 1.82) is 0 Å². The predicted octanol–water partition coefficient (Wildman–Crippen LogP) is 0.633. The third-order valence-corrected chi connectivity index (χ3v) is 2.31. The summed E-state index contributed by atoms with van der Waals surface area (Å²) in [7, 11) is 0. The molecule has 19 heavy (non-hydrogen) atoms. The number of hydrogen-bond donors (Lipinski definition) is 4. The Morgan fingerprint density at radius 2 is 2.05 bits per heavy atom. The highest BCUT2D eigenvalue weighted by Crippen LogP contribution is 2.12. The molecule has 4 N–H and O–H groups in total. The number of aliphatic hydroxyl groups excluding tert-OH is 1. The van der Waals surface area contributed by atoms with Crippen molar-refractivity contribution in [1.82, 2.24) is 10.6 Å². The molecule has 1 aromatic rings. The molecule has 2 amide bonds. The van der Waals surface area contributed by atoms with E-state index in [0.717, 1.165) is 0 Å².